The fourth-order valence-corrected chi connectivity index (χ4v) is 1.31. The lowest BCUT2D eigenvalue weighted by Crippen LogP contribution is -1.97. The molecule has 2 aromatic heterocycles. The van der Waals surface area contributed by atoms with E-state index < -0.39 is 5.97 Å². The van der Waals surface area contributed by atoms with E-state index in [0.29, 0.717) is 0 Å². The number of carboxylic acids is 1. The molecule has 4 nitrogen and oxygen atoms in total. The van der Waals surface area contributed by atoms with Crippen LogP contribution in [0, 0.1) is 6.92 Å². The molecule has 16 heavy (non-hydrogen) atoms. The Kier molecular flexibility index (Phi) is 2.64. The number of hydrogen-bond acceptors (Lipinski definition) is 3. The normalized spacial score (nSPS) is 10.1. The summed E-state index contributed by atoms with van der Waals surface area (Å²) in [5.41, 5.74) is 2.72. The van der Waals surface area contributed by atoms with E-state index in [0.717, 1.165) is 17.0 Å². The summed E-state index contributed by atoms with van der Waals surface area (Å²) < 4.78 is 0. The molecule has 2 heterocycles. The number of carbonyl (C=O) groups is 1. The second-order valence-corrected chi connectivity index (χ2v) is 3.43. The summed E-state index contributed by atoms with van der Waals surface area (Å²) in [6.45, 7) is 1.91. The molecule has 1 N–H and O–H groups in total. The van der Waals surface area contributed by atoms with Crippen molar-refractivity contribution in [1.29, 1.82) is 0 Å². The maximum Gasteiger partial charge on any atom is 0.337 e. The van der Waals surface area contributed by atoms with Crippen LogP contribution in [0.2, 0.25) is 0 Å². The van der Waals surface area contributed by atoms with Crippen molar-refractivity contribution in [3.05, 3.63) is 47.9 Å². The molecule has 0 bridgehead atoms. The molecule has 0 fully saturated rings. The van der Waals surface area contributed by atoms with Gasteiger partial charge in [0.25, 0.3) is 0 Å². The molecule has 4 heteroatoms. The Morgan fingerprint density at radius 3 is 2.44 bits per heavy atom. The Labute approximate surface area is 92.6 Å². The molecule has 0 amide bonds. The predicted octanol–water partition coefficient (Wildman–Crippen LogP) is 2.15. The summed E-state index contributed by atoms with van der Waals surface area (Å²) in [6.07, 6.45) is 3.07. The van der Waals surface area contributed by atoms with Crippen LogP contribution in [-0.2, 0) is 0 Å². The predicted molar refractivity (Wildman–Crippen MR) is 59.2 cm³/mol. The third kappa shape index (κ3) is 2.06. The maximum atomic E-state index is 10.6. The number of nitrogens with zero attached hydrogens (tertiary/aromatic N) is 2. The summed E-state index contributed by atoms with van der Waals surface area (Å²) in [4.78, 5) is 18.9. The molecule has 0 aliphatic heterocycles. The third-order valence-electron chi connectivity index (χ3n) is 2.22. The van der Waals surface area contributed by atoms with Gasteiger partial charge in [-0.3, -0.25) is 9.97 Å². The minimum Gasteiger partial charge on any atom is -0.478 e. The molecule has 0 aliphatic rings. The first-order valence-corrected chi connectivity index (χ1v) is 4.79. The van der Waals surface area contributed by atoms with Crippen LogP contribution in [0.5, 0.6) is 0 Å². The second kappa shape index (κ2) is 4.10. The molecule has 0 unspecified atom stereocenters. The minimum atomic E-state index is -0.971. The minimum absolute atomic E-state index is 0.184. The van der Waals surface area contributed by atoms with E-state index in [-0.39, 0.29) is 5.56 Å². The van der Waals surface area contributed by atoms with Crippen molar-refractivity contribution >= 4 is 5.97 Å². The standard InChI is InChI=1S/C12H10N2O2/c1-8-2-3-9(6-13-8)11-5-4-10(7-14-11)12(15)16/h2-7H,1H3,(H,15,16). The van der Waals surface area contributed by atoms with Crippen molar-refractivity contribution in [1.82, 2.24) is 9.97 Å². The highest BCUT2D eigenvalue weighted by Crippen LogP contribution is 2.15. The molecule has 0 aromatic carbocycles. The molecule has 2 aromatic rings. The summed E-state index contributed by atoms with van der Waals surface area (Å²) in [5.74, 6) is -0.971. The third-order valence-corrected chi connectivity index (χ3v) is 2.22. The Bertz CT molecular complexity index is 504. The largest absolute Gasteiger partial charge is 0.478 e. The molecule has 0 spiro atoms. The van der Waals surface area contributed by atoms with Crippen molar-refractivity contribution in [2.24, 2.45) is 0 Å². The van der Waals surface area contributed by atoms with Gasteiger partial charge in [0.2, 0.25) is 0 Å². The number of pyridine rings is 2. The van der Waals surface area contributed by atoms with Gasteiger partial charge in [0.15, 0.2) is 0 Å². The molecule has 2 rings (SSSR count). The molecular formula is C12H10N2O2. The Hall–Kier alpha value is -2.23. The number of aromatic nitrogens is 2. The molecule has 0 saturated heterocycles. The molecule has 0 atom stereocenters. The van der Waals surface area contributed by atoms with Gasteiger partial charge in [0, 0.05) is 23.7 Å². The van der Waals surface area contributed by atoms with Gasteiger partial charge in [-0.1, -0.05) is 0 Å². The Morgan fingerprint density at radius 2 is 1.94 bits per heavy atom. The number of carboxylic acid groups (broad SMARTS) is 1. The van der Waals surface area contributed by atoms with Crippen LogP contribution in [-0.4, -0.2) is 21.0 Å². The van der Waals surface area contributed by atoms with Crippen molar-refractivity contribution in [2.45, 2.75) is 6.92 Å². The number of hydrogen-bond donors (Lipinski definition) is 1. The van der Waals surface area contributed by atoms with Crippen LogP contribution in [0.3, 0.4) is 0 Å². The van der Waals surface area contributed by atoms with Gasteiger partial charge < -0.3 is 5.11 Å². The molecule has 0 radical (unpaired) electrons. The van der Waals surface area contributed by atoms with E-state index in [1.54, 1.807) is 12.3 Å². The zero-order valence-electron chi connectivity index (χ0n) is 8.71. The van der Waals surface area contributed by atoms with E-state index in [9.17, 15) is 4.79 Å². The summed E-state index contributed by atoms with van der Waals surface area (Å²) in [6, 6.07) is 7.01. The van der Waals surface area contributed by atoms with E-state index >= 15 is 0 Å². The fraction of sp³-hybridized carbons (Fsp3) is 0.0833. The zero-order chi connectivity index (χ0) is 11.5. The Morgan fingerprint density at radius 1 is 1.12 bits per heavy atom. The van der Waals surface area contributed by atoms with Gasteiger partial charge in [-0.2, -0.15) is 0 Å². The quantitative estimate of drug-likeness (QED) is 0.831. The highest BCUT2D eigenvalue weighted by Gasteiger charge is 2.04. The summed E-state index contributed by atoms with van der Waals surface area (Å²) in [7, 11) is 0. The van der Waals surface area contributed by atoms with Gasteiger partial charge in [-0.15, -0.1) is 0 Å². The smallest absolute Gasteiger partial charge is 0.337 e. The first-order chi connectivity index (χ1) is 7.66. The highest BCUT2D eigenvalue weighted by atomic mass is 16.4. The monoisotopic (exact) mass is 214 g/mol. The fourth-order valence-electron chi connectivity index (χ4n) is 1.31. The second-order valence-electron chi connectivity index (χ2n) is 3.43. The van der Waals surface area contributed by atoms with Gasteiger partial charge in [-0.25, -0.2) is 4.79 Å². The Balaban J connectivity index is 2.34. The molecule has 80 valence electrons. The molecule has 0 saturated carbocycles. The number of aryl methyl sites for hydroxylation is 1. The van der Waals surface area contributed by atoms with Crippen molar-refractivity contribution in [3.8, 4) is 11.3 Å². The van der Waals surface area contributed by atoms with Crippen LogP contribution < -0.4 is 0 Å². The summed E-state index contributed by atoms with van der Waals surface area (Å²) in [5, 5.41) is 8.73. The van der Waals surface area contributed by atoms with Gasteiger partial charge >= 0.3 is 5.97 Å². The molecular weight excluding hydrogens is 204 g/mol. The SMILES string of the molecule is Cc1ccc(-c2ccc(C(=O)O)cn2)cn1. The van der Waals surface area contributed by atoms with Crippen molar-refractivity contribution < 1.29 is 9.90 Å². The average molecular weight is 214 g/mol. The van der Waals surface area contributed by atoms with Gasteiger partial charge in [0.1, 0.15) is 0 Å². The average Bonchev–Trinajstić information content (AvgIpc) is 2.30. The van der Waals surface area contributed by atoms with Crippen LogP contribution in [0.4, 0.5) is 0 Å². The first-order valence-electron chi connectivity index (χ1n) is 4.79. The topological polar surface area (TPSA) is 63.1 Å². The first kappa shape index (κ1) is 10.3. The molecule has 0 aliphatic carbocycles. The van der Waals surface area contributed by atoms with E-state index in [4.69, 9.17) is 5.11 Å². The van der Waals surface area contributed by atoms with E-state index in [1.807, 2.05) is 19.1 Å². The van der Waals surface area contributed by atoms with Crippen LogP contribution in [0.25, 0.3) is 11.3 Å². The van der Waals surface area contributed by atoms with Crippen LogP contribution >= 0.6 is 0 Å². The maximum absolute atomic E-state index is 10.6. The van der Waals surface area contributed by atoms with Gasteiger partial charge in [0.05, 0.1) is 11.3 Å². The lowest BCUT2D eigenvalue weighted by atomic mass is 10.1. The van der Waals surface area contributed by atoms with Crippen molar-refractivity contribution in [3.63, 3.8) is 0 Å². The van der Waals surface area contributed by atoms with Gasteiger partial charge in [-0.05, 0) is 31.2 Å². The lowest BCUT2D eigenvalue weighted by Gasteiger charge is -2.01. The van der Waals surface area contributed by atoms with Crippen LogP contribution in [0.15, 0.2) is 36.7 Å². The van der Waals surface area contributed by atoms with Crippen molar-refractivity contribution in [2.75, 3.05) is 0 Å². The number of rotatable bonds is 2. The van der Waals surface area contributed by atoms with E-state index in [2.05, 4.69) is 9.97 Å². The highest BCUT2D eigenvalue weighted by molar-refractivity contribution is 5.87. The summed E-state index contributed by atoms with van der Waals surface area (Å²) >= 11 is 0. The van der Waals surface area contributed by atoms with E-state index in [1.165, 1.54) is 12.3 Å². The lowest BCUT2D eigenvalue weighted by molar-refractivity contribution is 0.0696. The zero-order valence-corrected chi connectivity index (χ0v) is 8.71. The van der Waals surface area contributed by atoms with Crippen LogP contribution in [0.1, 0.15) is 16.1 Å². The number of aromatic carboxylic acids is 1.